The molecule has 7 heteroatoms. The molecule has 2 heterocycles. The number of carbonyl (C=O) groups excluding carboxylic acids is 1. The van der Waals surface area contributed by atoms with Gasteiger partial charge in [0.15, 0.2) is 0 Å². The number of pyridine rings is 1. The minimum absolute atomic E-state index is 0.242. The molecule has 1 aliphatic rings. The molecule has 132 valence electrons. The van der Waals surface area contributed by atoms with Crippen molar-refractivity contribution >= 4 is 11.7 Å². The fourth-order valence-corrected chi connectivity index (χ4v) is 2.88. The number of rotatable bonds is 2. The molecular weight excluding hydrogens is 325 g/mol. The van der Waals surface area contributed by atoms with Gasteiger partial charge in [-0.2, -0.15) is 0 Å². The van der Waals surface area contributed by atoms with E-state index < -0.39 is 6.03 Å². The number of hydrogen-bond donors (Lipinski definition) is 2. The van der Waals surface area contributed by atoms with Crippen LogP contribution in [0.25, 0.3) is 0 Å². The van der Waals surface area contributed by atoms with E-state index in [0.717, 1.165) is 12.0 Å². The Morgan fingerprint density at radius 3 is 2.96 bits per heavy atom. The number of anilines is 1. The molecule has 2 N–H and O–H groups in total. The maximum atomic E-state index is 13.4. The zero-order valence-corrected chi connectivity index (χ0v) is 14.1. The fraction of sp³-hybridized carbons (Fsp3) is 0.333. The first-order valence-electron chi connectivity index (χ1n) is 8.11. The lowest BCUT2D eigenvalue weighted by atomic mass is 10.0. The molecule has 0 saturated carbocycles. The van der Waals surface area contributed by atoms with Crippen LogP contribution in [0.2, 0.25) is 0 Å². The number of nitrogens with zero attached hydrogens (tertiary/aromatic N) is 1. The topological polar surface area (TPSA) is 72.4 Å². The van der Waals surface area contributed by atoms with E-state index in [-0.39, 0.29) is 23.1 Å². The van der Waals surface area contributed by atoms with E-state index in [0.29, 0.717) is 24.3 Å². The van der Waals surface area contributed by atoms with Crippen molar-refractivity contribution in [2.75, 3.05) is 11.9 Å². The van der Waals surface area contributed by atoms with Gasteiger partial charge in [0.2, 0.25) is 0 Å². The van der Waals surface area contributed by atoms with E-state index in [1.165, 1.54) is 16.7 Å². The van der Waals surface area contributed by atoms with Crippen molar-refractivity contribution < 1.29 is 13.9 Å². The largest absolute Gasteiger partial charge is 0.493 e. The van der Waals surface area contributed by atoms with Gasteiger partial charge < -0.3 is 19.9 Å². The van der Waals surface area contributed by atoms with Gasteiger partial charge in [0, 0.05) is 24.9 Å². The van der Waals surface area contributed by atoms with Crippen molar-refractivity contribution in [3.05, 3.63) is 57.8 Å². The van der Waals surface area contributed by atoms with Crippen molar-refractivity contribution in [2.24, 2.45) is 7.05 Å². The zero-order chi connectivity index (χ0) is 18.0. The lowest BCUT2D eigenvalue weighted by molar-refractivity contribution is 0.247. The predicted molar refractivity (Wildman–Crippen MR) is 92.4 cm³/mol. The van der Waals surface area contributed by atoms with Gasteiger partial charge in [-0.1, -0.05) is 6.07 Å². The molecule has 0 unspecified atom stereocenters. The van der Waals surface area contributed by atoms with Gasteiger partial charge >= 0.3 is 6.03 Å². The summed E-state index contributed by atoms with van der Waals surface area (Å²) < 4.78 is 20.4. The Hall–Kier alpha value is -2.83. The molecule has 1 aromatic heterocycles. The Balaban J connectivity index is 1.80. The first kappa shape index (κ1) is 17.0. The SMILES string of the molecule is Cc1ccn(C)c(=O)c1NC(=O)N[C@H]1CCCOc2cc(F)ccc21. The molecule has 3 rings (SSSR count). The van der Waals surface area contributed by atoms with Crippen molar-refractivity contribution in [1.82, 2.24) is 9.88 Å². The quantitative estimate of drug-likeness (QED) is 0.879. The van der Waals surface area contributed by atoms with Gasteiger partial charge in [0.1, 0.15) is 17.3 Å². The van der Waals surface area contributed by atoms with Crippen molar-refractivity contribution in [1.29, 1.82) is 0 Å². The summed E-state index contributed by atoms with van der Waals surface area (Å²) >= 11 is 0. The maximum Gasteiger partial charge on any atom is 0.319 e. The number of fused-ring (bicyclic) bond motifs is 1. The average Bonchev–Trinajstić information content (AvgIpc) is 2.77. The molecule has 0 spiro atoms. The van der Waals surface area contributed by atoms with E-state index in [1.807, 2.05) is 0 Å². The summed E-state index contributed by atoms with van der Waals surface area (Å²) in [4.78, 5) is 24.6. The average molecular weight is 345 g/mol. The molecule has 1 aliphatic heterocycles. The van der Waals surface area contributed by atoms with E-state index in [1.54, 1.807) is 32.3 Å². The molecule has 1 atom stereocenters. The van der Waals surface area contributed by atoms with E-state index in [2.05, 4.69) is 10.6 Å². The van der Waals surface area contributed by atoms with Crippen LogP contribution < -0.4 is 20.9 Å². The highest BCUT2D eigenvalue weighted by Crippen LogP contribution is 2.32. The predicted octanol–water partition coefficient (Wildman–Crippen LogP) is 2.87. The minimum Gasteiger partial charge on any atom is -0.493 e. The second-order valence-corrected chi connectivity index (χ2v) is 6.11. The Kier molecular flexibility index (Phi) is 4.74. The molecule has 0 saturated heterocycles. The van der Waals surface area contributed by atoms with E-state index >= 15 is 0 Å². The monoisotopic (exact) mass is 345 g/mol. The van der Waals surface area contributed by atoms with Crippen LogP contribution in [0.1, 0.15) is 30.0 Å². The Morgan fingerprint density at radius 1 is 1.36 bits per heavy atom. The lowest BCUT2D eigenvalue weighted by Crippen LogP contribution is -2.35. The number of urea groups is 1. The molecule has 2 aromatic rings. The van der Waals surface area contributed by atoms with Gasteiger partial charge in [-0.3, -0.25) is 4.79 Å². The summed E-state index contributed by atoms with van der Waals surface area (Å²) in [6.45, 7) is 2.23. The molecule has 2 amide bonds. The van der Waals surface area contributed by atoms with Crippen LogP contribution in [0.15, 0.2) is 35.3 Å². The number of aromatic nitrogens is 1. The highest BCUT2D eigenvalue weighted by atomic mass is 19.1. The molecule has 1 aromatic carbocycles. The zero-order valence-electron chi connectivity index (χ0n) is 14.1. The Morgan fingerprint density at radius 2 is 2.16 bits per heavy atom. The number of nitrogens with one attached hydrogen (secondary N) is 2. The second-order valence-electron chi connectivity index (χ2n) is 6.11. The second kappa shape index (κ2) is 6.96. The summed E-state index contributed by atoms with van der Waals surface area (Å²) in [5.74, 6) is 0.0573. The summed E-state index contributed by atoms with van der Waals surface area (Å²) in [5, 5.41) is 5.49. The first-order chi connectivity index (χ1) is 12.0. The third-order valence-corrected chi connectivity index (χ3v) is 4.27. The number of benzene rings is 1. The number of carbonyl (C=O) groups is 1. The Bertz CT molecular complexity index is 863. The third-order valence-electron chi connectivity index (χ3n) is 4.27. The van der Waals surface area contributed by atoms with Crippen LogP contribution >= 0.6 is 0 Å². The van der Waals surface area contributed by atoms with Gasteiger partial charge in [0.25, 0.3) is 5.56 Å². The Labute approximate surface area is 144 Å². The van der Waals surface area contributed by atoms with Crippen LogP contribution in [-0.2, 0) is 7.05 Å². The third kappa shape index (κ3) is 3.65. The molecular formula is C18H20FN3O3. The van der Waals surface area contributed by atoms with Crippen LogP contribution in [0, 0.1) is 12.7 Å². The standard InChI is InChI=1S/C18H20FN3O3/c1-11-7-8-22(2)17(23)16(11)21-18(24)20-14-4-3-9-25-15-10-12(19)5-6-13(14)15/h5-8,10,14H,3-4,9H2,1-2H3,(H2,20,21,24)/t14-/m0/s1. The number of aryl methyl sites for hydroxylation is 2. The number of amides is 2. The summed E-state index contributed by atoms with van der Waals surface area (Å²) in [5.41, 5.74) is 1.38. The maximum absolute atomic E-state index is 13.4. The lowest BCUT2D eigenvalue weighted by Gasteiger charge is -2.19. The van der Waals surface area contributed by atoms with E-state index in [4.69, 9.17) is 4.74 Å². The van der Waals surface area contributed by atoms with Crippen LogP contribution in [-0.4, -0.2) is 17.2 Å². The fourth-order valence-electron chi connectivity index (χ4n) is 2.88. The molecule has 6 nitrogen and oxygen atoms in total. The highest BCUT2D eigenvalue weighted by Gasteiger charge is 2.22. The van der Waals surface area contributed by atoms with Crippen molar-refractivity contribution in [3.63, 3.8) is 0 Å². The molecule has 0 bridgehead atoms. The highest BCUT2D eigenvalue weighted by molar-refractivity contribution is 5.90. The molecule has 25 heavy (non-hydrogen) atoms. The van der Waals surface area contributed by atoms with Crippen LogP contribution in [0.4, 0.5) is 14.9 Å². The van der Waals surface area contributed by atoms with Gasteiger partial charge in [-0.05, 0) is 37.5 Å². The summed E-state index contributed by atoms with van der Waals surface area (Å²) in [6, 6.07) is 5.25. The van der Waals surface area contributed by atoms with Crippen molar-refractivity contribution in [2.45, 2.75) is 25.8 Å². The van der Waals surface area contributed by atoms with Crippen LogP contribution in [0.3, 0.4) is 0 Å². The van der Waals surface area contributed by atoms with Gasteiger partial charge in [-0.15, -0.1) is 0 Å². The number of hydrogen-bond acceptors (Lipinski definition) is 3. The van der Waals surface area contributed by atoms with E-state index in [9.17, 15) is 14.0 Å². The molecule has 0 aliphatic carbocycles. The minimum atomic E-state index is -0.478. The van der Waals surface area contributed by atoms with Gasteiger partial charge in [0.05, 0.1) is 12.6 Å². The van der Waals surface area contributed by atoms with Crippen molar-refractivity contribution in [3.8, 4) is 5.75 Å². The number of halogens is 1. The van der Waals surface area contributed by atoms with Crippen LogP contribution in [0.5, 0.6) is 5.75 Å². The summed E-state index contributed by atoms with van der Waals surface area (Å²) in [7, 11) is 1.62. The van der Waals surface area contributed by atoms with Gasteiger partial charge in [-0.25, -0.2) is 9.18 Å². The molecule has 0 radical (unpaired) electrons. The molecule has 0 fully saturated rings. The summed E-state index contributed by atoms with van der Waals surface area (Å²) in [6.07, 6.45) is 3.04. The normalized spacial score (nSPS) is 16.4. The smallest absolute Gasteiger partial charge is 0.319 e. The number of ether oxygens (including phenoxy) is 1. The first-order valence-corrected chi connectivity index (χ1v) is 8.11.